The van der Waals surface area contributed by atoms with Crippen molar-refractivity contribution in [1.82, 2.24) is 4.98 Å². The van der Waals surface area contributed by atoms with Gasteiger partial charge in [-0.3, -0.25) is 9.78 Å². The van der Waals surface area contributed by atoms with Gasteiger partial charge in [-0.05, 0) is 54.7 Å². The topological polar surface area (TPSA) is 63.3 Å². The van der Waals surface area contributed by atoms with Crippen LogP contribution in [0.3, 0.4) is 0 Å². The monoisotopic (exact) mass is 865 g/mol. The molecule has 0 fully saturated rings. The maximum Gasteiger partial charge on any atom is 0.164 e. The zero-order valence-electron chi connectivity index (χ0n) is 30.9. The number of aliphatic hydroxyl groups excluding tert-OH is 1. The van der Waals surface area contributed by atoms with Gasteiger partial charge in [0.1, 0.15) is 17.6 Å². The van der Waals surface area contributed by atoms with E-state index in [4.69, 9.17) is 9.40 Å². The van der Waals surface area contributed by atoms with E-state index in [0.717, 1.165) is 58.9 Å². The van der Waals surface area contributed by atoms with Gasteiger partial charge in [-0.2, -0.15) is 0 Å². The SMILES string of the molecule is CC(C)(C)c1cc(-c2nccc3cc(-c4coc5ccccc45)sc23)[c-]c2ccccc12.CCC(C)(CC)C(=O)/C=C(\O)C(C)(CC)CC.[Ir]. The summed E-state index contributed by atoms with van der Waals surface area (Å²) in [6.45, 7) is 18.9. The third-order valence-corrected chi connectivity index (χ3v) is 11.8. The van der Waals surface area contributed by atoms with Crippen molar-refractivity contribution in [1.29, 1.82) is 0 Å². The molecule has 6 rings (SSSR count). The molecule has 1 radical (unpaired) electrons. The number of hydrogen-bond acceptors (Lipinski definition) is 5. The summed E-state index contributed by atoms with van der Waals surface area (Å²) in [4.78, 5) is 18.2. The van der Waals surface area contributed by atoms with Crippen LogP contribution in [0.15, 0.2) is 95.4 Å². The van der Waals surface area contributed by atoms with E-state index in [1.807, 2.05) is 66.1 Å². The van der Waals surface area contributed by atoms with Crippen molar-refractivity contribution in [3.05, 3.63) is 103 Å². The summed E-state index contributed by atoms with van der Waals surface area (Å²) >= 11 is 1.77. The molecule has 1 N–H and O–H groups in total. The Kier molecular flexibility index (Phi) is 12.4. The summed E-state index contributed by atoms with van der Waals surface area (Å²) in [5.41, 5.74) is 4.81. The van der Waals surface area contributed by atoms with Gasteiger partial charge in [0, 0.05) is 69.4 Å². The van der Waals surface area contributed by atoms with Crippen LogP contribution in [0.5, 0.6) is 0 Å². The first-order valence-electron chi connectivity index (χ1n) is 17.5. The maximum absolute atomic E-state index is 12.2. The summed E-state index contributed by atoms with van der Waals surface area (Å²) in [6, 6.07) is 27.0. The van der Waals surface area contributed by atoms with Gasteiger partial charge in [0.25, 0.3) is 0 Å². The van der Waals surface area contributed by atoms with E-state index in [-0.39, 0.29) is 47.9 Å². The number of nitrogens with zero attached hydrogens (tertiary/aromatic N) is 1. The van der Waals surface area contributed by atoms with E-state index in [2.05, 4.69) is 81.4 Å². The molecular formula is C44H50IrNO3S-. The first-order chi connectivity index (χ1) is 23.3. The van der Waals surface area contributed by atoms with E-state index in [9.17, 15) is 9.90 Å². The smallest absolute Gasteiger partial charge is 0.164 e. The average Bonchev–Trinajstić information content (AvgIpc) is 3.74. The zero-order valence-corrected chi connectivity index (χ0v) is 34.1. The normalized spacial score (nSPS) is 12.5. The third-order valence-electron chi connectivity index (χ3n) is 10.6. The van der Waals surface area contributed by atoms with E-state index in [1.54, 1.807) is 11.3 Å². The molecule has 50 heavy (non-hydrogen) atoms. The molecule has 0 aliphatic carbocycles. The van der Waals surface area contributed by atoms with Crippen LogP contribution in [0.25, 0.3) is 53.5 Å². The molecule has 0 unspecified atom stereocenters. The molecular weight excluding hydrogens is 815 g/mol. The molecule has 0 spiro atoms. The number of carbonyl (C=O) groups excluding carboxylic acids is 1. The molecule has 0 saturated carbocycles. The molecule has 3 aromatic carbocycles. The van der Waals surface area contributed by atoms with Crippen molar-refractivity contribution in [2.75, 3.05) is 0 Å². The number of ketones is 1. The Morgan fingerprint density at radius 2 is 1.48 bits per heavy atom. The van der Waals surface area contributed by atoms with Crippen LogP contribution in [0.2, 0.25) is 0 Å². The second-order valence-electron chi connectivity index (χ2n) is 14.7. The van der Waals surface area contributed by atoms with Crippen molar-refractivity contribution < 1.29 is 34.4 Å². The summed E-state index contributed by atoms with van der Waals surface area (Å²) in [7, 11) is 0. The van der Waals surface area contributed by atoms with E-state index >= 15 is 0 Å². The predicted octanol–water partition coefficient (Wildman–Crippen LogP) is 13.3. The molecule has 6 aromatic rings. The van der Waals surface area contributed by atoms with Gasteiger partial charge >= 0.3 is 0 Å². The molecule has 0 aliphatic rings. The minimum atomic E-state index is -0.337. The number of furan rings is 1. The van der Waals surface area contributed by atoms with Gasteiger partial charge in [0.2, 0.25) is 0 Å². The van der Waals surface area contributed by atoms with Crippen LogP contribution in [0.1, 0.15) is 93.6 Å². The molecule has 0 saturated heterocycles. The van der Waals surface area contributed by atoms with E-state index < -0.39 is 0 Å². The van der Waals surface area contributed by atoms with Gasteiger partial charge in [-0.1, -0.05) is 110 Å². The van der Waals surface area contributed by atoms with Crippen LogP contribution < -0.4 is 0 Å². The summed E-state index contributed by atoms with van der Waals surface area (Å²) < 4.78 is 6.98. The van der Waals surface area contributed by atoms with E-state index in [0.29, 0.717) is 0 Å². The van der Waals surface area contributed by atoms with Crippen molar-refractivity contribution in [3.63, 3.8) is 0 Å². The Labute approximate surface area is 315 Å². The second-order valence-corrected chi connectivity index (χ2v) is 15.7. The first kappa shape index (κ1) is 39.2. The average molecular weight is 865 g/mol. The van der Waals surface area contributed by atoms with Gasteiger partial charge in [0.05, 0.1) is 0 Å². The molecule has 0 bridgehead atoms. The second kappa shape index (κ2) is 15.8. The Balaban J connectivity index is 0.000000269. The zero-order chi connectivity index (χ0) is 35.6. The number of fused-ring (bicyclic) bond motifs is 3. The summed E-state index contributed by atoms with van der Waals surface area (Å²) in [5.74, 6) is 0.286. The van der Waals surface area contributed by atoms with Crippen LogP contribution in [0.4, 0.5) is 0 Å². The molecule has 0 amide bonds. The number of carbonyl (C=O) groups is 1. The predicted molar refractivity (Wildman–Crippen MR) is 208 cm³/mol. The fraction of sp³-hybridized carbons (Fsp3) is 0.364. The number of benzene rings is 3. The number of rotatable bonds is 9. The molecule has 4 nitrogen and oxygen atoms in total. The van der Waals surface area contributed by atoms with Crippen LogP contribution in [0, 0.1) is 16.9 Å². The maximum atomic E-state index is 12.2. The number of aliphatic hydroxyl groups is 1. The standard InChI is InChI=1S/C29H22NOS.C15H28O2.Ir/c1-29(2,3)24-15-20(14-18-8-4-5-9-21(18)24)27-28-19(12-13-30-27)16-26(32-28)23-17-31-25-11-7-6-10-22(23)25;1-7-14(5,8-2)12(16)11-13(17)15(6,9-3)10-4;/h4-13,15-17H,1-3H3;11,16H,7-10H2,1-6H3;/q-1;;/b;12-11-;. The molecule has 3 aromatic heterocycles. The van der Waals surface area contributed by atoms with Gasteiger partial charge in [-0.15, -0.1) is 40.5 Å². The van der Waals surface area contributed by atoms with Gasteiger partial charge in [0.15, 0.2) is 5.78 Å². The van der Waals surface area contributed by atoms with Crippen molar-refractivity contribution in [3.8, 4) is 21.7 Å². The largest absolute Gasteiger partial charge is 0.512 e. The number of aromatic nitrogens is 1. The minimum Gasteiger partial charge on any atom is -0.512 e. The fourth-order valence-electron chi connectivity index (χ4n) is 6.12. The van der Waals surface area contributed by atoms with E-state index in [1.165, 1.54) is 32.0 Å². The molecule has 265 valence electrons. The number of thiophene rings is 1. The number of allylic oxidation sites excluding steroid dienone is 2. The van der Waals surface area contributed by atoms with Crippen LogP contribution >= 0.6 is 11.3 Å². The van der Waals surface area contributed by atoms with Gasteiger partial charge in [-0.25, -0.2) is 0 Å². The molecule has 0 atom stereocenters. The molecule has 0 aliphatic heterocycles. The van der Waals surface area contributed by atoms with Crippen LogP contribution in [-0.4, -0.2) is 15.9 Å². The molecule has 6 heteroatoms. The third kappa shape index (κ3) is 7.83. The summed E-state index contributed by atoms with van der Waals surface area (Å²) in [6.07, 6.45) is 8.52. The Morgan fingerprint density at radius 3 is 2.12 bits per heavy atom. The number of pyridine rings is 1. The molecule has 3 heterocycles. The quantitative estimate of drug-likeness (QED) is 0.0893. The van der Waals surface area contributed by atoms with Crippen molar-refractivity contribution in [2.45, 2.75) is 93.4 Å². The fourth-order valence-corrected chi connectivity index (χ4v) is 7.30. The van der Waals surface area contributed by atoms with Crippen molar-refractivity contribution in [2.24, 2.45) is 10.8 Å². The Bertz CT molecular complexity index is 2120. The Hall–Kier alpha value is -3.57. The van der Waals surface area contributed by atoms with Gasteiger partial charge < -0.3 is 9.52 Å². The number of para-hydroxylation sites is 1. The first-order valence-corrected chi connectivity index (χ1v) is 18.4. The minimum absolute atomic E-state index is 0. The number of hydrogen-bond donors (Lipinski definition) is 1. The van der Waals surface area contributed by atoms with Crippen LogP contribution in [-0.2, 0) is 30.3 Å². The summed E-state index contributed by atoms with van der Waals surface area (Å²) in [5, 5.41) is 14.9. The Morgan fingerprint density at radius 1 is 0.860 bits per heavy atom. The van der Waals surface area contributed by atoms with Crippen molar-refractivity contribution >= 4 is 48.9 Å².